The zero-order chi connectivity index (χ0) is 17.8. The summed E-state index contributed by atoms with van der Waals surface area (Å²) in [6.45, 7) is 0.218. The van der Waals surface area contributed by atoms with Gasteiger partial charge in [-0.15, -0.1) is 0 Å². The van der Waals surface area contributed by atoms with E-state index in [0.29, 0.717) is 0 Å². The van der Waals surface area contributed by atoms with Crippen LogP contribution < -0.4 is 4.72 Å². The van der Waals surface area contributed by atoms with Gasteiger partial charge in [-0.1, -0.05) is 18.2 Å². The molecule has 1 aliphatic heterocycles. The van der Waals surface area contributed by atoms with Crippen molar-refractivity contribution in [2.24, 2.45) is 0 Å². The van der Waals surface area contributed by atoms with E-state index in [1.807, 2.05) is 0 Å². The lowest BCUT2D eigenvalue weighted by Crippen LogP contribution is -2.51. The van der Waals surface area contributed by atoms with Gasteiger partial charge in [0.25, 0.3) is 0 Å². The quantitative estimate of drug-likeness (QED) is 0.648. The van der Waals surface area contributed by atoms with Gasteiger partial charge in [0.2, 0.25) is 15.9 Å². The molecule has 1 aliphatic rings. The molecular formula is C15H20N2O6S. The molecule has 0 radical (unpaired) electrons. The smallest absolute Gasteiger partial charge is 0.335 e. The molecule has 132 valence electrons. The Hall–Kier alpha value is -1.97. The van der Waals surface area contributed by atoms with E-state index < -0.39 is 21.6 Å². The first-order valence-electron chi connectivity index (χ1n) is 7.53. The Morgan fingerprint density at radius 3 is 2.29 bits per heavy atom. The molecule has 0 spiro atoms. The number of nitrogens with zero attached hydrogens (tertiary/aromatic N) is 1. The number of carboxylic acid groups (broad SMARTS) is 1. The van der Waals surface area contributed by atoms with E-state index in [2.05, 4.69) is 4.72 Å². The van der Waals surface area contributed by atoms with E-state index in [9.17, 15) is 23.1 Å². The third-order valence-corrected chi connectivity index (χ3v) is 5.50. The molecule has 24 heavy (non-hydrogen) atoms. The highest BCUT2D eigenvalue weighted by molar-refractivity contribution is 7.89. The molecule has 0 aromatic heterocycles. The Morgan fingerprint density at radius 1 is 1.17 bits per heavy atom. The van der Waals surface area contributed by atoms with Crippen LogP contribution in [0, 0.1) is 0 Å². The number of piperidine rings is 1. The molecule has 8 nitrogen and oxygen atoms in total. The van der Waals surface area contributed by atoms with Crippen molar-refractivity contribution in [3.05, 3.63) is 30.3 Å². The van der Waals surface area contributed by atoms with E-state index in [4.69, 9.17) is 5.11 Å². The van der Waals surface area contributed by atoms with E-state index in [-0.39, 0.29) is 49.7 Å². The normalized spacial score (nSPS) is 17.5. The second-order valence-corrected chi connectivity index (χ2v) is 7.45. The summed E-state index contributed by atoms with van der Waals surface area (Å²) in [5, 5.41) is 18.8. The summed E-state index contributed by atoms with van der Waals surface area (Å²) in [5.41, 5.74) is -1.79. The van der Waals surface area contributed by atoms with E-state index >= 15 is 0 Å². The van der Waals surface area contributed by atoms with Crippen LogP contribution in [0.5, 0.6) is 0 Å². The van der Waals surface area contributed by atoms with Crippen molar-refractivity contribution in [2.75, 3.05) is 19.6 Å². The van der Waals surface area contributed by atoms with E-state index in [1.165, 1.54) is 17.0 Å². The third kappa shape index (κ3) is 4.31. The number of aliphatic hydroxyl groups is 1. The van der Waals surface area contributed by atoms with Crippen LogP contribution in [0.1, 0.15) is 19.3 Å². The highest BCUT2D eigenvalue weighted by Gasteiger charge is 2.40. The lowest BCUT2D eigenvalue weighted by atomic mass is 9.91. The fourth-order valence-electron chi connectivity index (χ4n) is 2.47. The zero-order valence-corrected chi connectivity index (χ0v) is 13.8. The number of carbonyl (C=O) groups excluding carboxylic acids is 1. The zero-order valence-electron chi connectivity index (χ0n) is 13.0. The minimum Gasteiger partial charge on any atom is -0.479 e. The van der Waals surface area contributed by atoms with Gasteiger partial charge < -0.3 is 15.1 Å². The molecule has 0 unspecified atom stereocenters. The molecule has 1 aromatic carbocycles. The lowest BCUT2D eigenvalue weighted by Gasteiger charge is -2.35. The second-order valence-electron chi connectivity index (χ2n) is 5.68. The third-order valence-electron chi connectivity index (χ3n) is 4.03. The molecule has 3 N–H and O–H groups in total. The molecule has 9 heteroatoms. The number of aliphatic carboxylic acids is 1. The van der Waals surface area contributed by atoms with Crippen LogP contribution in [-0.4, -0.2) is 60.6 Å². The van der Waals surface area contributed by atoms with Crippen LogP contribution >= 0.6 is 0 Å². The molecule has 1 saturated heterocycles. The number of hydrogen-bond donors (Lipinski definition) is 3. The van der Waals surface area contributed by atoms with E-state index in [0.717, 1.165) is 0 Å². The summed E-state index contributed by atoms with van der Waals surface area (Å²) in [6.07, 6.45) is -0.106. The highest BCUT2D eigenvalue weighted by atomic mass is 32.2. The standard InChI is InChI=1S/C15H20N2O6S/c18-13(17-10-7-15(21,8-11-17)14(19)20)6-9-16-24(22,23)12-4-2-1-3-5-12/h1-5,16,21H,6-11H2,(H,19,20). The number of carbonyl (C=O) groups is 2. The fraction of sp³-hybridized carbons (Fsp3) is 0.467. The number of likely N-dealkylation sites (tertiary alicyclic amines) is 1. The number of hydrogen-bond acceptors (Lipinski definition) is 5. The minimum absolute atomic E-state index is 0.0302. The highest BCUT2D eigenvalue weighted by Crippen LogP contribution is 2.22. The number of benzene rings is 1. The first-order valence-corrected chi connectivity index (χ1v) is 9.01. The predicted octanol–water partition coefficient (Wildman–Crippen LogP) is -0.207. The number of amides is 1. The van der Waals surface area contributed by atoms with E-state index in [1.54, 1.807) is 18.2 Å². The fourth-order valence-corrected chi connectivity index (χ4v) is 3.53. The van der Waals surface area contributed by atoms with Crippen LogP contribution in [0.4, 0.5) is 0 Å². The van der Waals surface area contributed by atoms with Gasteiger partial charge >= 0.3 is 5.97 Å². The first-order chi connectivity index (χ1) is 11.2. The first kappa shape index (κ1) is 18.4. The van der Waals surface area contributed by atoms with Gasteiger partial charge in [0.1, 0.15) is 0 Å². The van der Waals surface area contributed by atoms with Gasteiger partial charge in [0.15, 0.2) is 5.60 Å². The largest absolute Gasteiger partial charge is 0.479 e. The Kier molecular flexibility index (Phi) is 5.58. The minimum atomic E-state index is -3.65. The molecule has 2 rings (SSSR count). The second kappa shape index (κ2) is 7.29. The van der Waals surface area contributed by atoms with Crippen molar-refractivity contribution < 1.29 is 28.2 Å². The average molecular weight is 356 g/mol. The molecule has 1 heterocycles. The van der Waals surface area contributed by atoms with Crippen LogP contribution in [-0.2, 0) is 19.6 Å². The maximum atomic E-state index is 12.1. The van der Waals surface area contributed by atoms with Gasteiger partial charge in [-0.3, -0.25) is 4.79 Å². The lowest BCUT2D eigenvalue weighted by molar-refractivity contribution is -0.165. The molecule has 0 saturated carbocycles. The van der Waals surface area contributed by atoms with Crippen molar-refractivity contribution in [1.82, 2.24) is 9.62 Å². The molecule has 1 aromatic rings. The summed E-state index contributed by atoms with van der Waals surface area (Å²) < 4.78 is 26.4. The summed E-state index contributed by atoms with van der Waals surface area (Å²) >= 11 is 0. The number of carboxylic acids is 1. The van der Waals surface area contributed by atoms with Crippen molar-refractivity contribution in [3.8, 4) is 0 Å². The molecule has 1 amide bonds. The van der Waals surface area contributed by atoms with Crippen LogP contribution in [0.2, 0.25) is 0 Å². The maximum absolute atomic E-state index is 12.1. The van der Waals surface area contributed by atoms with Crippen LogP contribution in [0.15, 0.2) is 35.2 Å². The molecule has 0 bridgehead atoms. The SMILES string of the molecule is O=C(CCNS(=O)(=O)c1ccccc1)N1CCC(O)(C(=O)O)CC1. The summed E-state index contributed by atoms with van der Waals surface area (Å²) in [4.78, 5) is 24.6. The molecule has 0 aliphatic carbocycles. The van der Waals surface area contributed by atoms with Gasteiger partial charge in [-0.25, -0.2) is 17.9 Å². The summed E-state index contributed by atoms with van der Waals surface area (Å²) in [6, 6.07) is 7.84. The van der Waals surface area contributed by atoms with Gasteiger partial charge in [-0.05, 0) is 12.1 Å². The molecule has 1 fully saturated rings. The van der Waals surface area contributed by atoms with Crippen molar-refractivity contribution in [1.29, 1.82) is 0 Å². The maximum Gasteiger partial charge on any atom is 0.335 e. The topological polar surface area (TPSA) is 124 Å². The number of sulfonamides is 1. The van der Waals surface area contributed by atoms with Gasteiger partial charge in [0.05, 0.1) is 4.90 Å². The van der Waals surface area contributed by atoms with Crippen LogP contribution in [0.25, 0.3) is 0 Å². The number of nitrogens with one attached hydrogen (secondary N) is 1. The summed E-state index contributed by atoms with van der Waals surface area (Å²) in [5.74, 6) is -1.57. The van der Waals surface area contributed by atoms with Gasteiger partial charge in [-0.2, -0.15) is 0 Å². The Bertz CT molecular complexity index is 696. The Morgan fingerprint density at radius 2 is 1.75 bits per heavy atom. The Balaban J connectivity index is 1.81. The molecule has 0 atom stereocenters. The van der Waals surface area contributed by atoms with Crippen molar-refractivity contribution in [2.45, 2.75) is 29.8 Å². The predicted molar refractivity (Wildman–Crippen MR) is 84.6 cm³/mol. The van der Waals surface area contributed by atoms with Crippen molar-refractivity contribution >= 4 is 21.9 Å². The number of rotatable bonds is 6. The Labute approximate surface area is 140 Å². The van der Waals surface area contributed by atoms with Crippen LogP contribution in [0.3, 0.4) is 0 Å². The average Bonchev–Trinajstić information content (AvgIpc) is 2.56. The van der Waals surface area contributed by atoms with Gasteiger partial charge in [0, 0.05) is 38.9 Å². The monoisotopic (exact) mass is 356 g/mol. The van der Waals surface area contributed by atoms with Crippen molar-refractivity contribution in [3.63, 3.8) is 0 Å². The summed E-state index contributed by atoms with van der Waals surface area (Å²) in [7, 11) is -3.65. The molecular weight excluding hydrogens is 336 g/mol.